The molecule has 0 bridgehead atoms. The summed E-state index contributed by atoms with van der Waals surface area (Å²) in [4.78, 5) is 13.0. The molecule has 3 rings (SSSR count). The second kappa shape index (κ2) is 48.6. The van der Waals surface area contributed by atoms with Gasteiger partial charge in [0.2, 0.25) is 0 Å². The molecule has 0 radical (unpaired) electrons. The fourth-order valence-electron chi connectivity index (χ4n) is 12.9. The van der Waals surface area contributed by atoms with Crippen LogP contribution in [-0.4, -0.2) is 269 Å². The molecular weight excluding hydrogens is 1270 g/mol. The molecule has 24 heteroatoms. The smallest absolute Gasteiger partial charge is 0.138 e. The first-order valence-electron chi connectivity index (χ1n) is 35.7. The third kappa shape index (κ3) is 33.4. The summed E-state index contributed by atoms with van der Waals surface area (Å²) in [6.45, 7) is 12.3. The van der Waals surface area contributed by atoms with Crippen molar-refractivity contribution in [1.29, 1.82) is 0 Å². The molecule has 3 saturated heterocycles. The first-order chi connectivity index (χ1) is 46.5. The SMILES string of the molecule is C=CCC/C=C/C=C/C=C/CC/C=C/[C@H](O)[C@@H](O)[C@@H]1O[C@@H]([C@@H](O)[C@H](O)C(=C)CC[C@H](O)[C@H]2C[C@@H](O)[C@@H](O)[C@@H]([C@H](O)[C@H](O)/C=C(\C)C[C@H](O)CC[C@@H](O)C[C@@H](O)[C@H](O)[C@H](C)C[C@@H](O)[C@@H](O)C[C@@H](C)/C=C/CC[C@H](CC(=O)C[C@H]3CCC[C@@H](CCCC[C@@H](O)CO)O3)OC)O2)C[C@@H](O)[C@H]1O. The van der Waals surface area contributed by atoms with Crippen LogP contribution in [0.4, 0.5) is 0 Å². The highest BCUT2D eigenvalue weighted by Crippen LogP contribution is 2.33. The molecule has 0 aliphatic carbocycles. The highest BCUT2D eigenvalue weighted by Gasteiger charge is 2.47. The first-order valence-corrected chi connectivity index (χ1v) is 35.7. The molecule has 98 heavy (non-hydrogen) atoms. The lowest BCUT2D eigenvalue weighted by molar-refractivity contribution is -0.234. The Morgan fingerprint density at radius 3 is 1.82 bits per heavy atom. The van der Waals surface area contributed by atoms with E-state index < -0.39 is 140 Å². The second-order valence-electron chi connectivity index (χ2n) is 27.8. The van der Waals surface area contributed by atoms with Gasteiger partial charge in [0.15, 0.2) is 0 Å². The van der Waals surface area contributed by atoms with Crippen LogP contribution in [0.25, 0.3) is 0 Å². The molecular formula is C74H126O24. The van der Waals surface area contributed by atoms with E-state index in [1.165, 1.54) is 12.2 Å². The van der Waals surface area contributed by atoms with Gasteiger partial charge in [0.1, 0.15) is 66.8 Å². The summed E-state index contributed by atoms with van der Waals surface area (Å²) in [6, 6.07) is 0. The third-order valence-corrected chi connectivity index (χ3v) is 19.1. The van der Waals surface area contributed by atoms with Gasteiger partial charge in [-0.3, -0.25) is 4.79 Å². The summed E-state index contributed by atoms with van der Waals surface area (Å²) in [5.74, 6) is -0.736. The van der Waals surface area contributed by atoms with Crippen molar-refractivity contribution in [2.24, 2.45) is 11.8 Å². The zero-order valence-electron chi connectivity index (χ0n) is 58.4. The summed E-state index contributed by atoms with van der Waals surface area (Å²) in [5.41, 5.74) is 0.389. The minimum absolute atomic E-state index is 0.00100. The lowest BCUT2D eigenvalue weighted by Crippen LogP contribution is -2.59. The van der Waals surface area contributed by atoms with Crippen molar-refractivity contribution in [2.45, 2.75) is 334 Å². The third-order valence-electron chi connectivity index (χ3n) is 19.1. The lowest BCUT2D eigenvalue weighted by Gasteiger charge is -2.42. The van der Waals surface area contributed by atoms with Crippen LogP contribution in [0.15, 0.2) is 97.2 Å². The van der Waals surface area contributed by atoms with Crippen LogP contribution < -0.4 is 0 Å². The summed E-state index contributed by atoms with van der Waals surface area (Å²) in [7, 11) is 1.58. The molecule has 0 unspecified atom stereocenters. The Hall–Kier alpha value is -3.33. The average Bonchev–Trinajstić information content (AvgIpc) is 0.817. The quantitative estimate of drug-likeness (QED) is 0.0236. The minimum atomic E-state index is -1.85. The summed E-state index contributed by atoms with van der Waals surface area (Å²) in [6.07, 6.45) is -1.20. The predicted octanol–water partition coefficient (Wildman–Crippen LogP) is 2.86. The van der Waals surface area contributed by atoms with Crippen LogP contribution in [0.1, 0.15) is 181 Å². The Morgan fingerprint density at radius 2 is 1.17 bits per heavy atom. The van der Waals surface area contributed by atoms with Crippen molar-refractivity contribution in [1.82, 2.24) is 0 Å². The maximum atomic E-state index is 13.0. The summed E-state index contributed by atoms with van der Waals surface area (Å²) in [5, 5.41) is 204. The number of unbranched alkanes of at least 4 members (excludes halogenated alkanes) is 3. The number of ether oxygens (including phenoxy) is 4. The van der Waals surface area contributed by atoms with Gasteiger partial charge in [-0.15, -0.1) is 6.58 Å². The Morgan fingerprint density at radius 1 is 0.592 bits per heavy atom. The Kier molecular flexibility index (Phi) is 44.1. The highest BCUT2D eigenvalue weighted by atomic mass is 16.6. The van der Waals surface area contributed by atoms with Gasteiger partial charge < -0.3 is 116 Å². The molecule has 3 aliphatic heterocycles. The Bertz CT molecular complexity index is 2370. The second-order valence-corrected chi connectivity index (χ2v) is 27.8. The normalized spacial score (nSPS) is 28.4. The number of rotatable bonds is 50. The van der Waals surface area contributed by atoms with E-state index in [4.69, 9.17) is 24.1 Å². The van der Waals surface area contributed by atoms with Gasteiger partial charge in [0.25, 0.3) is 0 Å². The van der Waals surface area contributed by atoms with Crippen LogP contribution >= 0.6 is 0 Å². The summed E-state index contributed by atoms with van der Waals surface area (Å²) < 4.78 is 23.5. The van der Waals surface area contributed by atoms with E-state index in [0.717, 1.165) is 51.4 Å². The van der Waals surface area contributed by atoms with E-state index in [1.54, 1.807) is 27.0 Å². The molecule has 19 N–H and O–H groups in total. The van der Waals surface area contributed by atoms with Gasteiger partial charge in [0.05, 0.1) is 98.2 Å². The topological polar surface area (TPSA) is 438 Å². The zero-order chi connectivity index (χ0) is 73.0. The van der Waals surface area contributed by atoms with E-state index >= 15 is 0 Å². The van der Waals surface area contributed by atoms with Crippen molar-refractivity contribution in [2.75, 3.05) is 13.7 Å². The molecule has 3 heterocycles. The fraction of sp³-hybridized carbons (Fsp3) is 0.770. The molecule has 0 saturated carbocycles. The van der Waals surface area contributed by atoms with Gasteiger partial charge in [-0.05, 0) is 140 Å². The molecule has 27 atom stereocenters. The van der Waals surface area contributed by atoms with Gasteiger partial charge in [-0.1, -0.05) is 112 Å². The van der Waals surface area contributed by atoms with Gasteiger partial charge in [-0.25, -0.2) is 0 Å². The van der Waals surface area contributed by atoms with E-state index in [2.05, 4.69) is 13.2 Å². The molecule has 0 aromatic carbocycles. The number of aliphatic hydroxyl groups is 19. The molecule has 3 fully saturated rings. The van der Waals surface area contributed by atoms with Crippen LogP contribution in [0.2, 0.25) is 0 Å². The number of allylic oxidation sites excluding steroid dienone is 10. The predicted molar refractivity (Wildman–Crippen MR) is 370 cm³/mol. The van der Waals surface area contributed by atoms with E-state index in [-0.39, 0.29) is 113 Å². The fourth-order valence-corrected chi connectivity index (χ4v) is 12.9. The number of hydrogen-bond donors (Lipinski definition) is 19. The van der Waals surface area contributed by atoms with Crippen molar-refractivity contribution in [3.8, 4) is 0 Å². The lowest BCUT2D eigenvalue weighted by atomic mass is 9.87. The molecule has 0 aromatic heterocycles. The monoisotopic (exact) mass is 1400 g/mol. The van der Waals surface area contributed by atoms with Crippen LogP contribution in [-0.2, 0) is 23.7 Å². The molecule has 3 aliphatic rings. The van der Waals surface area contributed by atoms with Crippen LogP contribution in [0.5, 0.6) is 0 Å². The first kappa shape index (κ1) is 88.9. The molecule has 0 aromatic rings. The Labute approximate surface area is 581 Å². The zero-order valence-corrected chi connectivity index (χ0v) is 58.4. The van der Waals surface area contributed by atoms with Crippen molar-refractivity contribution in [3.05, 3.63) is 97.2 Å². The number of methoxy groups -OCH3 is 1. The number of carbonyl (C=O) groups is 1. The molecule has 566 valence electrons. The van der Waals surface area contributed by atoms with Crippen LogP contribution in [0, 0.1) is 11.8 Å². The van der Waals surface area contributed by atoms with Crippen molar-refractivity contribution in [3.63, 3.8) is 0 Å². The number of Topliss-reactive ketones (excluding diaryl/α,β-unsaturated/α-hetero) is 1. The van der Waals surface area contributed by atoms with Gasteiger partial charge >= 0.3 is 0 Å². The number of ketones is 1. The summed E-state index contributed by atoms with van der Waals surface area (Å²) >= 11 is 0. The largest absolute Gasteiger partial charge is 0.394 e. The number of hydrogen-bond acceptors (Lipinski definition) is 24. The standard InChI is InChI=1S/C74H126O24/c1-7-8-9-10-11-12-13-14-15-16-17-18-30-57(81)68(90)73-71(93)63(87)43-65(98-73)72(94)67(89)47(4)31-34-56(80)64-42-62(86)70(92)74(97-64)69(91)60(84)37-46(3)35-49(76)32-33-50(77)41-61(85)66(88)48(5)38-59(83)58(82)36-45(2)24-19-21-27-54(95-6)39-52(79)40-55-29-23-28-53(96-55)26-22-20-25-51(78)44-75/h7,10-15,18-19,24,30,37,45,48-51,53-78,80-94H,1,4,8-9,16-17,20-23,25-29,31-36,38-44H2,2-3,5-6H3/b11-10+,13-12+,15-14+,24-19+,30-18+,46-37+/t45-,48+,49+,50+,51+,53+,54+,55+,56-,57-,58-,59+,60+,61+,62+,63+,64+,65+,66+,67+,68+,69+,70+,71+,72+,73-,74+/m0/s1. The highest BCUT2D eigenvalue weighted by molar-refractivity contribution is 5.79. The average molecular weight is 1400 g/mol. The molecule has 24 nitrogen and oxygen atoms in total. The van der Waals surface area contributed by atoms with Crippen LogP contribution in [0.3, 0.4) is 0 Å². The van der Waals surface area contributed by atoms with E-state index in [9.17, 15) is 96.7 Å². The Balaban J connectivity index is 1.38. The molecule has 0 spiro atoms. The van der Waals surface area contributed by atoms with Gasteiger partial charge in [0, 0.05) is 39.2 Å². The number of aliphatic hydroxyl groups excluding tert-OH is 19. The van der Waals surface area contributed by atoms with E-state index in [0.29, 0.717) is 44.1 Å². The van der Waals surface area contributed by atoms with Gasteiger partial charge in [-0.2, -0.15) is 0 Å². The van der Waals surface area contributed by atoms with E-state index in [1.807, 2.05) is 61.6 Å². The maximum absolute atomic E-state index is 13.0. The van der Waals surface area contributed by atoms with Crippen molar-refractivity contribution >= 4 is 5.78 Å². The number of carbonyl (C=O) groups excluding carboxylic acids is 1. The molecule has 0 amide bonds. The maximum Gasteiger partial charge on any atom is 0.138 e. The van der Waals surface area contributed by atoms with Crippen molar-refractivity contribution < 1.29 is 121 Å². The minimum Gasteiger partial charge on any atom is -0.394 e.